The zero-order chi connectivity index (χ0) is 19.0. The summed E-state index contributed by atoms with van der Waals surface area (Å²) in [4.78, 5) is 26.1. The summed E-state index contributed by atoms with van der Waals surface area (Å²) in [6.45, 7) is 3.45. The Bertz CT molecular complexity index is 924. The molecule has 6 heteroatoms. The van der Waals surface area contributed by atoms with E-state index in [-0.39, 0.29) is 22.7 Å². The van der Waals surface area contributed by atoms with Gasteiger partial charge < -0.3 is 18.8 Å². The maximum Gasteiger partial charge on any atom is 0.289 e. The van der Waals surface area contributed by atoms with Crippen LogP contribution >= 0.6 is 0 Å². The molecule has 2 aliphatic rings. The lowest BCUT2D eigenvalue weighted by Gasteiger charge is -2.45. The molecule has 1 aromatic carbocycles. The van der Waals surface area contributed by atoms with Crippen molar-refractivity contribution < 1.29 is 18.7 Å². The zero-order valence-electron chi connectivity index (χ0n) is 15.6. The molecule has 4 rings (SSSR count). The summed E-state index contributed by atoms with van der Waals surface area (Å²) in [5.74, 6) is 1.16. The number of piperidine rings is 1. The number of methoxy groups -OCH3 is 1. The fourth-order valence-electron chi connectivity index (χ4n) is 4.13. The molecule has 6 nitrogen and oxygen atoms in total. The predicted molar refractivity (Wildman–Crippen MR) is 99.2 cm³/mol. The van der Waals surface area contributed by atoms with Crippen LogP contribution in [0.5, 0.6) is 5.75 Å². The second kappa shape index (κ2) is 6.85. The summed E-state index contributed by atoms with van der Waals surface area (Å²) < 4.78 is 17.0. The van der Waals surface area contributed by atoms with Crippen LogP contribution in [0, 0.1) is 6.92 Å². The molecule has 0 unspecified atom stereocenters. The summed E-state index contributed by atoms with van der Waals surface area (Å²) in [7, 11) is 1.67. The van der Waals surface area contributed by atoms with Gasteiger partial charge in [0.05, 0.1) is 19.3 Å². The van der Waals surface area contributed by atoms with Gasteiger partial charge in [0.2, 0.25) is 0 Å². The van der Waals surface area contributed by atoms with Crippen molar-refractivity contribution in [1.82, 2.24) is 4.90 Å². The van der Waals surface area contributed by atoms with E-state index < -0.39 is 0 Å². The zero-order valence-corrected chi connectivity index (χ0v) is 15.6. The molecule has 0 bridgehead atoms. The number of aryl methyl sites for hydroxylation is 1. The van der Waals surface area contributed by atoms with E-state index in [0.29, 0.717) is 38.3 Å². The number of nitrogens with zero attached hydrogens (tertiary/aromatic N) is 1. The van der Waals surface area contributed by atoms with Crippen molar-refractivity contribution in [3.05, 3.63) is 63.2 Å². The molecule has 1 saturated heterocycles. The first kappa shape index (κ1) is 17.8. The molecule has 3 heterocycles. The van der Waals surface area contributed by atoms with Gasteiger partial charge >= 0.3 is 0 Å². The summed E-state index contributed by atoms with van der Waals surface area (Å²) in [5.41, 5.74) is 1.88. The van der Waals surface area contributed by atoms with Gasteiger partial charge in [-0.2, -0.15) is 0 Å². The van der Waals surface area contributed by atoms with Crippen LogP contribution in [0.4, 0.5) is 0 Å². The van der Waals surface area contributed by atoms with Crippen molar-refractivity contribution in [1.29, 1.82) is 0 Å². The Hall–Kier alpha value is -2.60. The number of benzene rings is 1. The van der Waals surface area contributed by atoms with Crippen molar-refractivity contribution >= 4 is 5.91 Å². The number of hydrogen-bond donors (Lipinski definition) is 0. The van der Waals surface area contributed by atoms with Gasteiger partial charge in [0.1, 0.15) is 11.5 Å². The van der Waals surface area contributed by atoms with Gasteiger partial charge in [-0.25, -0.2) is 0 Å². The van der Waals surface area contributed by atoms with Gasteiger partial charge in [-0.05, 0) is 49.4 Å². The van der Waals surface area contributed by atoms with Crippen molar-refractivity contribution in [2.45, 2.75) is 31.8 Å². The largest absolute Gasteiger partial charge is 0.497 e. The van der Waals surface area contributed by atoms with Gasteiger partial charge in [0.15, 0.2) is 11.2 Å². The van der Waals surface area contributed by atoms with E-state index in [9.17, 15) is 9.59 Å². The van der Waals surface area contributed by atoms with Crippen LogP contribution in [0.3, 0.4) is 0 Å². The van der Waals surface area contributed by atoms with Crippen LogP contribution in [0.1, 0.15) is 40.3 Å². The van der Waals surface area contributed by atoms with Crippen molar-refractivity contribution in [3.8, 4) is 5.75 Å². The van der Waals surface area contributed by atoms with Crippen LogP contribution in [0.2, 0.25) is 0 Å². The molecule has 0 saturated carbocycles. The Kier molecular flexibility index (Phi) is 4.52. The fraction of sp³-hybridized carbons (Fsp3) is 0.429. The molecule has 27 heavy (non-hydrogen) atoms. The highest BCUT2D eigenvalue weighted by Crippen LogP contribution is 2.42. The molecule has 0 N–H and O–H groups in total. The van der Waals surface area contributed by atoms with Gasteiger partial charge in [0, 0.05) is 25.2 Å². The Morgan fingerprint density at radius 3 is 2.67 bits per heavy atom. The standard InChI is InChI=1S/C21H23NO5/c1-14-11-16(23)13-19(27-14)20(24)22-8-6-21(7-9-22)18-4-3-17(25-2)12-15(18)5-10-26-21/h3-4,11-13H,5-10H2,1-2H3. The number of carbonyl (C=O) groups is 1. The van der Waals surface area contributed by atoms with E-state index in [1.807, 2.05) is 6.07 Å². The molecule has 0 atom stereocenters. The number of likely N-dealkylation sites (tertiary alicyclic amines) is 1. The molecular weight excluding hydrogens is 346 g/mol. The number of hydrogen-bond acceptors (Lipinski definition) is 5. The lowest BCUT2D eigenvalue weighted by atomic mass is 9.79. The van der Waals surface area contributed by atoms with E-state index in [0.717, 1.165) is 12.2 Å². The number of amides is 1. The normalized spacial score (nSPS) is 18.2. The molecule has 1 amide bonds. The van der Waals surface area contributed by atoms with Crippen LogP contribution in [0.15, 0.2) is 39.5 Å². The third-order valence-corrected chi connectivity index (χ3v) is 5.51. The number of carbonyl (C=O) groups excluding carboxylic acids is 1. The summed E-state index contributed by atoms with van der Waals surface area (Å²) >= 11 is 0. The van der Waals surface area contributed by atoms with Crippen LogP contribution < -0.4 is 10.2 Å². The maximum atomic E-state index is 12.7. The van der Waals surface area contributed by atoms with E-state index in [1.165, 1.54) is 23.3 Å². The molecule has 0 aliphatic carbocycles. The smallest absolute Gasteiger partial charge is 0.289 e. The van der Waals surface area contributed by atoms with E-state index in [1.54, 1.807) is 18.9 Å². The van der Waals surface area contributed by atoms with Gasteiger partial charge in [-0.15, -0.1) is 0 Å². The Balaban J connectivity index is 1.54. The molecule has 1 fully saturated rings. The molecule has 1 aromatic heterocycles. The van der Waals surface area contributed by atoms with Crippen molar-refractivity contribution in [3.63, 3.8) is 0 Å². The van der Waals surface area contributed by atoms with Crippen LogP contribution in [-0.2, 0) is 16.8 Å². The highest BCUT2D eigenvalue weighted by atomic mass is 16.5. The number of fused-ring (bicyclic) bond motifs is 2. The molecule has 2 aliphatic heterocycles. The fourth-order valence-corrected chi connectivity index (χ4v) is 4.13. The molecule has 2 aromatic rings. The lowest BCUT2D eigenvalue weighted by molar-refractivity contribution is -0.0937. The number of ether oxygens (including phenoxy) is 2. The second-order valence-electron chi connectivity index (χ2n) is 7.18. The first-order valence-electron chi connectivity index (χ1n) is 9.23. The SMILES string of the molecule is COc1ccc2c(c1)CCOC21CCN(C(=O)c2cc(=O)cc(C)o2)CC1. The Morgan fingerprint density at radius 1 is 1.19 bits per heavy atom. The monoisotopic (exact) mass is 369 g/mol. The first-order chi connectivity index (χ1) is 13.0. The second-order valence-corrected chi connectivity index (χ2v) is 7.18. The average molecular weight is 369 g/mol. The minimum absolute atomic E-state index is 0.102. The molecular formula is C21H23NO5. The highest BCUT2D eigenvalue weighted by molar-refractivity contribution is 5.91. The van der Waals surface area contributed by atoms with Gasteiger partial charge in [0.25, 0.3) is 5.91 Å². The van der Waals surface area contributed by atoms with Crippen LogP contribution in [0.25, 0.3) is 0 Å². The van der Waals surface area contributed by atoms with Crippen molar-refractivity contribution in [2.75, 3.05) is 26.8 Å². The molecule has 1 spiro atoms. The number of rotatable bonds is 2. The maximum absolute atomic E-state index is 12.7. The quantitative estimate of drug-likeness (QED) is 0.814. The molecule has 0 radical (unpaired) electrons. The van der Waals surface area contributed by atoms with E-state index >= 15 is 0 Å². The Morgan fingerprint density at radius 2 is 1.96 bits per heavy atom. The van der Waals surface area contributed by atoms with Crippen molar-refractivity contribution in [2.24, 2.45) is 0 Å². The third kappa shape index (κ3) is 3.25. The first-order valence-corrected chi connectivity index (χ1v) is 9.23. The Labute approximate surface area is 157 Å². The van der Waals surface area contributed by atoms with E-state index in [2.05, 4.69) is 12.1 Å². The minimum Gasteiger partial charge on any atom is -0.497 e. The van der Waals surface area contributed by atoms with Crippen LogP contribution in [-0.4, -0.2) is 37.6 Å². The lowest BCUT2D eigenvalue weighted by Crippen LogP contribution is -2.48. The highest BCUT2D eigenvalue weighted by Gasteiger charge is 2.42. The average Bonchev–Trinajstić information content (AvgIpc) is 2.67. The van der Waals surface area contributed by atoms with Gasteiger partial charge in [-0.1, -0.05) is 6.07 Å². The van der Waals surface area contributed by atoms with Gasteiger partial charge in [-0.3, -0.25) is 9.59 Å². The minimum atomic E-state index is -0.357. The summed E-state index contributed by atoms with van der Waals surface area (Å²) in [6.07, 6.45) is 2.30. The summed E-state index contributed by atoms with van der Waals surface area (Å²) in [6, 6.07) is 8.78. The van der Waals surface area contributed by atoms with E-state index in [4.69, 9.17) is 13.9 Å². The predicted octanol–water partition coefficient (Wildman–Crippen LogP) is 2.66. The summed E-state index contributed by atoms with van der Waals surface area (Å²) in [5, 5.41) is 0. The topological polar surface area (TPSA) is 69.0 Å². The molecule has 142 valence electrons. The third-order valence-electron chi connectivity index (χ3n) is 5.51.